The average Bonchev–Trinajstić information content (AvgIpc) is 2.91. The number of aryl methyl sites for hydroxylation is 1. The van der Waals surface area contributed by atoms with Gasteiger partial charge >= 0.3 is 5.97 Å². The molecule has 3 aliphatic rings. The number of aromatic nitrogens is 1. The summed E-state index contributed by atoms with van der Waals surface area (Å²) >= 11 is 0. The molecular formula is C29H39N5O5. The highest BCUT2D eigenvalue weighted by atomic mass is 16.5. The fourth-order valence-corrected chi connectivity index (χ4v) is 5.63. The van der Waals surface area contributed by atoms with E-state index in [0.717, 1.165) is 68.9 Å². The summed E-state index contributed by atoms with van der Waals surface area (Å²) in [5, 5.41) is 17.9. The number of carbonyl (C=O) groups is 3. The number of aliphatic carboxylic acids is 1. The first kappa shape index (κ1) is 28.5. The number of anilines is 1. The highest BCUT2D eigenvalue weighted by Gasteiger charge is 2.53. The number of pyridine rings is 1. The SMILES string of the molecule is CNC(CNC(=O)C1CC2(C1)CN(CCc1ccc3c(n1)NCCC3)C2)C(=O)O.O=COCc1ccccc1. The number of nitrogens with one attached hydrogen (secondary N) is 3. The van der Waals surface area contributed by atoms with E-state index in [9.17, 15) is 14.4 Å². The third kappa shape index (κ3) is 7.77. The van der Waals surface area contributed by atoms with Gasteiger partial charge in [0, 0.05) is 50.8 Å². The minimum absolute atomic E-state index is 0.0127. The number of likely N-dealkylation sites (N-methyl/N-ethyl adjacent to an activating group) is 1. The van der Waals surface area contributed by atoms with Crippen LogP contribution in [0.15, 0.2) is 42.5 Å². The average molecular weight is 538 g/mol. The molecule has 0 bridgehead atoms. The van der Waals surface area contributed by atoms with Crippen LogP contribution in [0.3, 0.4) is 0 Å². The number of amides is 1. The van der Waals surface area contributed by atoms with Gasteiger partial charge in [0.05, 0.1) is 0 Å². The third-order valence-electron chi connectivity index (χ3n) is 7.77. The van der Waals surface area contributed by atoms with E-state index in [1.165, 1.54) is 12.0 Å². The summed E-state index contributed by atoms with van der Waals surface area (Å²) in [4.78, 5) is 40.2. The van der Waals surface area contributed by atoms with Crippen LogP contribution in [-0.4, -0.2) is 79.2 Å². The molecule has 2 aromatic rings. The van der Waals surface area contributed by atoms with Gasteiger partial charge in [0.2, 0.25) is 5.91 Å². The molecule has 39 heavy (non-hydrogen) atoms. The van der Waals surface area contributed by atoms with Crippen molar-refractivity contribution in [2.24, 2.45) is 11.3 Å². The van der Waals surface area contributed by atoms with Gasteiger partial charge in [0.1, 0.15) is 18.5 Å². The molecule has 10 heteroatoms. The number of carboxylic acid groups (broad SMARTS) is 1. The van der Waals surface area contributed by atoms with Crippen molar-refractivity contribution in [3.8, 4) is 0 Å². The number of likely N-dealkylation sites (tertiary alicyclic amines) is 1. The molecule has 0 radical (unpaired) electrons. The van der Waals surface area contributed by atoms with Gasteiger partial charge in [0.25, 0.3) is 6.47 Å². The van der Waals surface area contributed by atoms with E-state index in [0.29, 0.717) is 18.5 Å². The van der Waals surface area contributed by atoms with Crippen molar-refractivity contribution in [1.29, 1.82) is 0 Å². The molecule has 1 aromatic carbocycles. The highest BCUT2D eigenvalue weighted by molar-refractivity contribution is 5.81. The predicted octanol–water partition coefficient (Wildman–Crippen LogP) is 1.84. The van der Waals surface area contributed by atoms with Crippen LogP contribution in [-0.2, 0) is 38.6 Å². The van der Waals surface area contributed by atoms with Crippen molar-refractivity contribution in [2.75, 3.05) is 45.1 Å². The first-order valence-electron chi connectivity index (χ1n) is 13.6. The molecule has 10 nitrogen and oxygen atoms in total. The Kier molecular flexibility index (Phi) is 9.89. The Morgan fingerprint density at radius 3 is 2.69 bits per heavy atom. The molecule has 1 atom stereocenters. The molecule has 4 N–H and O–H groups in total. The number of hydrogen-bond acceptors (Lipinski definition) is 8. The van der Waals surface area contributed by atoms with Crippen LogP contribution in [0.5, 0.6) is 0 Å². The van der Waals surface area contributed by atoms with E-state index in [4.69, 9.17) is 10.1 Å². The van der Waals surface area contributed by atoms with Gasteiger partial charge in [-0.25, -0.2) is 4.98 Å². The summed E-state index contributed by atoms with van der Waals surface area (Å²) < 4.78 is 4.54. The van der Waals surface area contributed by atoms with E-state index in [2.05, 4.69) is 37.7 Å². The Bertz CT molecular complexity index is 1110. The number of ether oxygens (including phenoxy) is 1. The topological polar surface area (TPSA) is 133 Å². The Morgan fingerprint density at radius 1 is 1.23 bits per heavy atom. The van der Waals surface area contributed by atoms with Crippen LogP contribution in [0, 0.1) is 11.3 Å². The number of hydrogen-bond donors (Lipinski definition) is 4. The van der Waals surface area contributed by atoms with Crippen molar-refractivity contribution < 1.29 is 24.2 Å². The lowest BCUT2D eigenvalue weighted by atomic mass is 9.57. The van der Waals surface area contributed by atoms with Crippen LogP contribution in [0.1, 0.15) is 36.1 Å². The molecule has 1 saturated carbocycles. The van der Waals surface area contributed by atoms with Crippen LogP contribution < -0.4 is 16.0 Å². The summed E-state index contributed by atoms with van der Waals surface area (Å²) in [6, 6.07) is 13.2. The highest BCUT2D eigenvalue weighted by Crippen LogP contribution is 2.51. The first-order chi connectivity index (χ1) is 18.9. The quantitative estimate of drug-likeness (QED) is 0.317. The Labute approximate surface area is 229 Å². The van der Waals surface area contributed by atoms with Crippen LogP contribution in [0.2, 0.25) is 0 Å². The molecule has 1 unspecified atom stereocenters. The van der Waals surface area contributed by atoms with Gasteiger partial charge in [0.15, 0.2) is 0 Å². The molecule has 1 spiro atoms. The summed E-state index contributed by atoms with van der Waals surface area (Å²) in [5.41, 5.74) is 3.77. The van der Waals surface area contributed by atoms with Crippen LogP contribution in [0.25, 0.3) is 0 Å². The summed E-state index contributed by atoms with van der Waals surface area (Å²) in [6.45, 7) is 5.06. The van der Waals surface area contributed by atoms with Crippen molar-refractivity contribution in [2.45, 2.75) is 44.8 Å². The molecule has 1 amide bonds. The van der Waals surface area contributed by atoms with Crippen LogP contribution >= 0.6 is 0 Å². The zero-order chi connectivity index (χ0) is 27.7. The second-order valence-corrected chi connectivity index (χ2v) is 10.7. The summed E-state index contributed by atoms with van der Waals surface area (Å²) in [7, 11) is 1.59. The van der Waals surface area contributed by atoms with Gasteiger partial charge < -0.3 is 30.7 Å². The number of fused-ring (bicyclic) bond motifs is 1. The van der Waals surface area contributed by atoms with E-state index in [1.54, 1.807) is 7.05 Å². The molecule has 1 aromatic heterocycles. The van der Waals surface area contributed by atoms with Crippen molar-refractivity contribution in [3.05, 3.63) is 59.3 Å². The second kappa shape index (κ2) is 13.5. The van der Waals surface area contributed by atoms with Crippen molar-refractivity contribution in [1.82, 2.24) is 20.5 Å². The monoisotopic (exact) mass is 537 g/mol. The molecule has 1 aliphatic carbocycles. The van der Waals surface area contributed by atoms with E-state index < -0.39 is 12.0 Å². The number of rotatable bonds is 11. The minimum atomic E-state index is -0.947. The molecule has 5 rings (SSSR count). The largest absolute Gasteiger partial charge is 0.480 e. The lowest BCUT2D eigenvalue weighted by molar-refractivity contribution is -0.145. The van der Waals surface area contributed by atoms with Crippen LogP contribution in [0.4, 0.5) is 5.82 Å². The fraction of sp³-hybridized carbons (Fsp3) is 0.517. The van der Waals surface area contributed by atoms with E-state index in [1.807, 2.05) is 30.3 Å². The molecular weight excluding hydrogens is 498 g/mol. The maximum atomic E-state index is 12.2. The lowest BCUT2D eigenvalue weighted by Gasteiger charge is -2.58. The van der Waals surface area contributed by atoms with Gasteiger partial charge in [-0.15, -0.1) is 0 Å². The molecule has 1 saturated heterocycles. The number of carbonyl (C=O) groups excluding carboxylic acids is 2. The number of carboxylic acids is 1. The first-order valence-corrected chi connectivity index (χ1v) is 13.6. The van der Waals surface area contributed by atoms with Gasteiger partial charge in [-0.05, 0) is 55.3 Å². The van der Waals surface area contributed by atoms with Gasteiger partial charge in [-0.3, -0.25) is 14.4 Å². The molecule has 2 fully saturated rings. The third-order valence-corrected chi connectivity index (χ3v) is 7.77. The van der Waals surface area contributed by atoms with E-state index in [-0.39, 0.29) is 18.4 Å². The zero-order valence-corrected chi connectivity index (χ0v) is 22.5. The van der Waals surface area contributed by atoms with E-state index >= 15 is 0 Å². The minimum Gasteiger partial charge on any atom is -0.480 e. The van der Waals surface area contributed by atoms with Gasteiger partial charge in [-0.2, -0.15) is 0 Å². The molecule has 210 valence electrons. The van der Waals surface area contributed by atoms with Crippen molar-refractivity contribution >= 4 is 24.2 Å². The number of nitrogens with zero attached hydrogens (tertiary/aromatic N) is 2. The van der Waals surface area contributed by atoms with Crippen molar-refractivity contribution in [3.63, 3.8) is 0 Å². The Balaban J connectivity index is 0.000000298. The Hall–Kier alpha value is -3.50. The maximum absolute atomic E-state index is 12.2. The Morgan fingerprint density at radius 2 is 2.00 bits per heavy atom. The fourth-order valence-electron chi connectivity index (χ4n) is 5.63. The molecule has 2 aliphatic heterocycles. The molecule has 3 heterocycles. The summed E-state index contributed by atoms with van der Waals surface area (Å²) in [6.07, 6.45) is 5.07. The predicted molar refractivity (Wildman–Crippen MR) is 147 cm³/mol. The smallest absolute Gasteiger partial charge is 0.322 e. The van der Waals surface area contributed by atoms with Gasteiger partial charge in [-0.1, -0.05) is 36.4 Å². The maximum Gasteiger partial charge on any atom is 0.322 e. The standard InChI is InChI=1S/C21H31N5O3.C8H8O2/c1-22-17(20(28)29)11-24-19(27)15-9-21(10-15)12-26(13-21)8-6-16-5-4-14-3-2-7-23-18(14)25-16;9-7-10-6-8-4-2-1-3-5-8/h4-5,15,17,22H,2-3,6-13H2,1H3,(H,23,25)(H,24,27)(H,28,29);1-5,7H,6H2. The zero-order valence-electron chi connectivity index (χ0n) is 22.5. The number of benzene rings is 1. The second-order valence-electron chi connectivity index (χ2n) is 10.7. The summed E-state index contributed by atoms with van der Waals surface area (Å²) in [5.74, 6) is 0.125. The normalized spacial score (nSPS) is 18.2. The lowest BCUT2D eigenvalue weighted by Crippen LogP contribution is -2.64.